The number of hydrogen-bond acceptors (Lipinski definition) is 3. The van der Waals surface area contributed by atoms with Crippen LogP contribution in [0, 0.1) is 3.57 Å². The van der Waals surface area contributed by atoms with E-state index in [-0.39, 0.29) is 18.0 Å². The lowest BCUT2D eigenvalue weighted by Crippen LogP contribution is -2.23. The fourth-order valence-electron chi connectivity index (χ4n) is 1.62. The number of benzene rings is 1. The third-order valence-electron chi connectivity index (χ3n) is 2.68. The second kappa shape index (κ2) is 6.86. The Morgan fingerprint density at radius 1 is 1.24 bits per heavy atom. The van der Waals surface area contributed by atoms with Gasteiger partial charge in [0.05, 0.1) is 22.8 Å². The summed E-state index contributed by atoms with van der Waals surface area (Å²) in [5, 5.41) is 12.1. The molecule has 0 bridgehead atoms. The number of nitrogens with one attached hydrogen (secondary N) is 1. The number of carboxylic acid groups (broad SMARTS) is 1. The summed E-state index contributed by atoms with van der Waals surface area (Å²) in [6.45, 7) is 0.142. The van der Waals surface area contributed by atoms with E-state index in [0.29, 0.717) is 16.3 Å². The molecule has 1 heterocycles. The van der Waals surface area contributed by atoms with E-state index in [1.54, 1.807) is 18.2 Å². The van der Waals surface area contributed by atoms with Gasteiger partial charge in [-0.3, -0.25) is 9.78 Å². The fourth-order valence-corrected chi connectivity index (χ4v) is 2.13. The van der Waals surface area contributed by atoms with Gasteiger partial charge in [0, 0.05) is 15.3 Å². The molecule has 0 fully saturated rings. The van der Waals surface area contributed by atoms with E-state index in [1.807, 2.05) is 0 Å². The lowest BCUT2D eigenvalue weighted by atomic mass is 10.2. The number of halogens is 2. The van der Waals surface area contributed by atoms with Gasteiger partial charge in [-0.2, -0.15) is 0 Å². The molecule has 0 aliphatic carbocycles. The van der Waals surface area contributed by atoms with E-state index in [1.165, 1.54) is 18.3 Å². The van der Waals surface area contributed by atoms with Crippen LogP contribution in [0.1, 0.15) is 26.4 Å². The average molecular weight is 417 g/mol. The van der Waals surface area contributed by atoms with Crippen molar-refractivity contribution in [2.24, 2.45) is 0 Å². The molecule has 0 aliphatic heterocycles. The molecule has 1 aromatic carbocycles. The number of aromatic carboxylic acids is 1. The van der Waals surface area contributed by atoms with Gasteiger partial charge >= 0.3 is 5.97 Å². The van der Waals surface area contributed by atoms with Crippen molar-refractivity contribution in [2.75, 3.05) is 0 Å². The molecule has 2 rings (SSSR count). The molecule has 0 saturated heterocycles. The number of carbonyl (C=O) groups is 2. The zero-order valence-electron chi connectivity index (χ0n) is 10.6. The molecule has 108 valence electrons. The molecule has 2 aromatic rings. The lowest BCUT2D eigenvalue weighted by Gasteiger charge is -2.06. The zero-order chi connectivity index (χ0) is 15.4. The third-order valence-corrected chi connectivity index (χ3v) is 4.25. The van der Waals surface area contributed by atoms with E-state index in [4.69, 9.17) is 16.7 Å². The first-order valence-corrected chi connectivity index (χ1v) is 7.34. The van der Waals surface area contributed by atoms with E-state index in [2.05, 4.69) is 32.9 Å². The topological polar surface area (TPSA) is 79.3 Å². The molecule has 1 amide bonds. The summed E-state index contributed by atoms with van der Waals surface area (Å²) in [5.41, 5.74) is 1.04. The quantitative estimate of drug-likeness (QED) is 0.751. The molecule has 0 atom stereocenters. The van der Waals surface area contributed by atoms with Gasteiger partial charge in [0.15, 0.2) is 0 Å². The predicted molar refractivity (Wildman–Crippen MR) is 86.5 cm³/mol. The number of hydrogen-bond donors (Lipinski definition) is 2. The summed E-state index contributed by atoms with van der Waals surface area (Å²) >= 11 is 8.04. The number of carboxylic acids is 1. The molecule has 0 radical (unpaired) electrons. The number of carbonyl (C=O) groups excluding carboxylic acids is 1. The van der Waals surface area contributed by atoms with Gasteiger partial charge in [-0.05, 0) is 52.9 Å². The van der Waals surface area contributed by atoms with Crippen LogP contribution in [0.4, 0.5) is 0 Å². The van der Waals surface area contributed by atoms with E-state index >= 15 is 0 Å². The van der Waals surface area contributed by atoms with Gasteiger partial charge in [0.2, 0.25) is 0 Å². The number of rotatable bonds is 4. The molecule has 1 aromatic heterocycles. The lowest BCUT2D eigenvalue weighted by molar-refractivity contribution is 0.0696. The minimum Gasteiger partial charge on any atom is -0.478 e. The first-order valence-electron chi connectivity index (χ1n) is 5.89. The molecule has 2 N–H and O–H groups in total. The van der Waals surface area contributed by atoms with Gasteiger partial charge in [-0.15, -0.1) is 0 Å². The van der Waals surface area contributed by atoms with Crippen LogP contribution in [0.5, 0.6) is 0 Å². The summed E-state index contributed by atoms with van der Waals surface area (Å²) < 4.78 is 0.863. The minimum absolute atomic E-state index is 0.131. The van der Waals surface area contributed by atoms with Crippen molar-refractivity contribution in [3.63, 3.8) is 0 Å². The van der Waals surface area contributed by atoms with Crippen molar-refractivity contribution in [1.82, 2.24) is 10.3 Å². The van der Waals surface area contributed by atoms with Crippen LogP contribution in [0.15, 0.2) is 36.5 Å². The number of aromatic nitrogens is 1. The smallest absolute Gasteiger partial charge is 0.335 e. The Labute approximate surface area is 139 Å². The summed E-state index contributed by atoms with van der Waals surface area (Å²) in [6, 6.07) is 7.82. The number of amides is 1. The Balaban J connectivity index is 2.05. The maximum Gasteiger partial charge on any atom is 0.335 e. The van der Waals surface area contributed by atoms with E-state index < -0.39 is 5.97 Å². The van der Waals surface area contributed by atoms with Crippen LogP contribution >= 0.6 is 34.2 Å². The molecule has 21 heavy (non-hydrogen) atoms. The Bertz CT molecular complexity index is 706. The molecule has 0 unspecified atom stereocenters. The van der Waals surface area contributed by atoms with E-state index in [0.717, 1.165) is 3.57 Å². The van der Waals surface area contributed by atoms with Crippen LogP contribution in [0.2, 0.25) is 5.02 Å². The molecule has 7 heteroatoms. The highest BCUT2D eigenvalue weighted by atomic mass is 127. The van der Waals surface area contributed by atoms with Gasteiger partial charge in [-0.25, -0.2) is 4.79 Å². The Hall–Kier alpha value is -1.67. The molecule has 0 aliphatic rings. The van der Waals surface area contributed by atoms with Crippen LogP contribution in [-0.4, -0.2) is 22.0 Å². The van der Waals surface area contributed by atoms with Crippen LogP contribution < -0.4 is 5.32 Å². The molecular formula is C14H10ClIN2O3. The first kappa shape index (κ1) is 15.7. The minimum atomic E-state index is -1.03. The third kappa shape index (κ3) is 4.15. The van der Waals surface area contributed by atoms with Crippen molar-refractivity contribution < 1.29 is 14.7 Å². The van der Waals surface area contributed by atoms with Gasteiger partial charge in [-0.1, -0.05) is 11.6 Å². The summed E-state index contributed by atoms with van der Waals surface area (Å²) in [7, 11) is 0. The van der Waals surface area contributed by atoms with Crippen LogP contribution in [0.3, 0.4) is 0 Å². The monoisotopic (exact) mass is 416 g/mol. The Morgan fingerprint density at radius 2 is 2.00 bits per heavy atom. The highest BCUT2D eigenvalue weighted by molar-refractivity contribution is 14.1. The zero-order valence-corrected chi connectivity index (χ0v) is 13.6. The molecular weight excluding hydrogens is 407 g/mol. The summed E-state index contributed by atoms with van der Waals surface area (Å²) in [6.07, 6.45) is 1.40. The molecule has 0 spiro atoms. The second-order valence-electron chi connectivity index (χ2n) is 4.15. The first-order chi connectivity index (χ1) is 9.97. The summed E-state index contributed by atoms with van der Waals surface area (Å²) in [4.78, 5) is 26.8. The molecule has 5 nitrogen and oxygen atoms in total. The van der Waals surface area contributed by atoms with Crippen molar-refractivity contribution in [3.8, 4) is 0 Å². The van der Waals surface area contributed by atoms with Crippen LogP contribution in [0.25, 0.3) is 0 Å². The highest BCUT2D eigenvalue weighted by Crippen LogP contribution is 2.19. The van der Waals surface area contributed by atoms with Gasteiger partial charge in [0.1, 0.15) is 0 Å². The predicted octanol–water partition coefficient (Wildman–Crippen LogP) is 2.97. The number of pyridine rings is 1. The van der Waals surface area contributed by atoms with E-state index in [9.17, 15) is 9.59 Å². The van der Waals surface area contributed by atoms with Crippen molar-refractivity contribution in [3.05, 3.63) is 61.9 Å². The van der Waals surface area contributed by atoms with Gasteiger partial charge < -0.3 is 10.4 Å². The normalized spacial score (nSPS) is 10.2. The Kier molecular flexibility index (Phi) is 5.13. The Morgan fingerprint density at radius 3 is 2.67 bits per heavy atom. The summed E-state index contributed by atoms with van der Waals surface area (Å²) in [5.74, 6) is -1.33. The maximum absolute atomic E-state index is 12.0. The maximum atomic E-state index is 12.0. The highest BCUT2D eigenvalue weighted by Gasteiger charge is 2.09. The van der Waals surface area contributed by atoms with Crippen molar-refractivity contribution in [1.29, 1.82) is 0 Å². The number of nitrogens with zero attached hydrogens (tertiary/aromatic N) is 1. The van der Waals surface area contributed by atoms with Crippen LogP contribution in [-0.2, 0) is 6.54 Å². The van der Waals surface area contributed by atoms with Gasteiger partial charge in [0.25, 0.3) is 5.91 Å². The standard InChI is InChI=1S/C14H10ClIN2O3/c15-11-6-8(1-2-12(11)16)13(19)18-7-10-5-9(14(20)21)3-4-17-10/h1-6H,7H2,(H,18,19)(H,20,21). The largest absolute Gasteiger partial charge is 0.478 e. The molecule has 0 saturated carbocycles. The van der Waals surface area contributed by atoms with Crippen molar-refractivity contribution >= 4 is 46.1 Å². The average Bonchev–Trinajstić information content (AvgIpc) is 2.48. The van der Waals surface area contributed by atoms with Crippen molar-refractivity contribution in [2.45, 2.75) is 6.54 Å². The fraction of sp³-hybridized carbons (Fsp3) is 0.0714. The second-order valence-corrected chi connectivity index (χ2v) is 5.72. The SMILES string of the molecule is O=C(O)c1ccnc(CNC(=O)c2ccc(I)c(Cl)c2)c1.